The zero-order chi connectivity index (χ0) is 18.9. The molecule has 0 aromatic heterocycles. The molecule has 3 aromatic rings. The average molecular weight is 362 g/mol. The first-order valence-corrected chi connectivity index (χ1v) is 8.43. The van der Waals surface area contributed by atoms with Crippen molar-refractivity contribution in [3.63, 3.8) is 0 Å². The highest BCUT2D eigenvalue weighted by atomic mass is 16.5. The topological polar surface area (TPSA) is 61.8 Å². The lowest BCUT2D eigenvalue weighted by atomic mass is 10.2. The van der Waals surface area contributed by atoms with Crippen molar-refractivity contribution in [2.24, 2.45) is 0 Å². The molecule has 0 amide bonds. The number of rotatable bonds is 8. The maximum Gasteiger partial charge on any atom is 0.347 e. The van der Waals surface area contributed by atoms with Gasteiger partial charge >= 0.3 is 5.97 Å². The average Bonchev–Trinajstić information content (AvgIpc) is 2.73. The molecule has 0 saturated heterocycles. The number of para-hydroxylation sites is 2. The summed E-state index contributed by atoms with van der Waals surface area (Å²) in [5.41, 5.74) is 0.827. The Morgan fingerprint density at radius 1 is 0.741 bits per heavy atom. The normalized spacial score (nSPS) is 10.1. The Labute approximate surface area is 157 Å². The predicted octanol–water partition coefficient (Wildman–Crippen LogP) is 4.18. The molecule has 0 aliphatic heterocycles. The molecule has 0 radical (unpaired) electrons. The van der Waals surface area contributed by atoms with Crippen LogP contribution in [0.1, 0.15) is 20.7 Å². The van der Waals surface area contributed by atoms with Gasteiger partial charge in [-0.3, -0.25) is 4.79 Å². The Bertz CT molecular complexity index is 888. The summed E-state index contributed by atoms with van der Waals surface area (Å²) in [5, 5.41) is 0. The van der Waals surface area contributed by atoms with Crippen molar-refractivity contribution in [2.45, 2.75) is 0 Å². The molecule has 0 bridgehead atoms. The number of carbonyl (C=O) groups is 2. The molecule has 0 spiro atoms. The van der Waals surface area contributed by atoms with Crippen LogP contribution in [0.15, 0.2) is 78.9 Å². The smallest absolute Gasteiger partial charge is 0.347 e. The van der Waals surface area contributed by atoms with Crippen molar-refractivity contribution in [3.8, 4) is 17.2 Å². The van der Waals surface area contributed by atoms with Crippen LogP contribution in [0.2, 0.25) is 0 Å². The first kappa shape index (κ1) is 18.2. The van der Waals surface area contributed by atoms with E-state index in [0.29, 0.717) is 29.2 Å². The minimum Gasteiger partial charge on any atom is -0.490 e. The lowest BCUT2D eigenvalue weighted by Gasteiger charge is -2.12. The fourth-order valence-corrected chi connectivity index (χ4v) is 2.37. The standard InChI is InChI=1S/C22H18O5/c23-16-17-10-12-19(13-11-17)27-22(24)20-8-4-5-9-21(20)26-15-14-25-18-6-2-1-3-7-18/h1-13,16H,14-15H2. The van der Waals surface area contributed by atoms with Gasteiger partial charge < -0.3 is 14.2 Å². The maximum absolute atomic E-state index is 12.4. The minimum atomic E-state index is -0.534. The second-order valence-corrected chi connectivity index (χ2v) is 5.58. The van der Waals surface area contributed by atoms with Crippen LogP contribution in [-0.2, 0) is 0 Å². The van der Waals surface area contributed by atoms with Crippen molar-refractivity contribution >= 4 is 12.3 Å². The second-order valence-electron chi connectivity index (χ2n) is 5.58. The first-order chi connectivity index (χ1) is 13.3. The van der Waals surface area contributed by atoms with Crippen LogP contribution in [0.25, 0.3) is 0 Å². The summed E-state index contributed by atoms with van der Waals surface area (Å²) in [6, 6.07) is 22.6. The summed E-state index contributed by atoms with van der Waals surface area (Å²) in [7, 11) is 0. The van der Waals surface area contributed by atoms with Crippen LogP contribution in [0.4, 0.5) is 0 Å². The first-order valence-electron chi connectivity index (χ1n) is 8.43. The monoisotopic (exact) mass is 362 g/mol. The van der Waals surface area contributed by atoms with E-state index in [1.165, 1.54) is 0 Å². The van der Waals surface area contributed by atoms with Gasteiger partial charge in [0, 0.05) is 5.56 Å². The van der Waals surface area contributed by atoms with Gasteiger partial charge in [0.05, 0.1) is 0 Å². The molecule has 5 heteroatoms. The van der Waals surface area contributed by atoms with Gasteiger partial charge in [-0.15, -0.1) is 0 Å². The van der Waals surface area contributed by atoms with Crippen LogP contribution in [0.5, 0.6) is 17.2 Å². The van der Waals surface area contributed by atoms with Crippen molar-refractivity contribution in [3.05, 3.63) is 90.0 Å². The van der Waals surface area contributed by atoms with E-state index < -0.39 is 5.97 Å². The predicted molar refractivity (Wildman–Crippen MR) is 101 cm³/mol. The van der Waals surface area contributed by atoms with E-state index in [0.717, 1.165) is 12.0 Å². The molecular weight excluding hydrogens is 344 g/mol. The van der Waals surface area contributed by atoms with Crippen LogP contribution in [-0.4, -0.2) is 25.5 Å². The Morgan fingerprint density at radius 2 is 1.41 bits per heavy atom. The summed E-state index contributed by atoms with van der Waals surface area (Å²) in [6.07, 6.45) is 0.728. The Balaban J connectivity index is 1.58. The highest BCUT2D eigenvalue weighted by Gasteiger charge is 2.14. The largest absolute Gasteiger partial charge is 0.490 e. The number of benzene rings is 3. The van der Waals surface area contributed by atoms with Gasteiger partial charge in [0.2, 0.25) is 0 Å². The van der Waals surface area contributed by atoms with Crippen LogP contribution >= 0.6 is 0 Å². The number of hydrogen-bond acceptors (Lipinski definition) is 5. The molecular formula is C22H18O5. The molecule has 0 aliphatic carbocycles. The van der Waals surface area contributed by atoms with E-state index >= 15 is 0 Å². The molecule has 3 aromatic carbocycles. The number of hydrogen-bond donors (Lipinski definition) is 0. The van der Waals surface area contributed by atoms with Crippen molar-refractivity contribution in [1.82, 2.24) is 0 Å². The Morgan fingerprint density at radius 3 is 2.15 bits per heavy atom. The van der Waals surface area contributed by atoms with Gasteiger partial charge in [-0.1, -0.05) is 30.3 Å². The molecule has 3 rings (SSSR count). The number of esters is 1. The maximum atomic E-state index is 12.4. The van der Waals surface area contributed by atoms with E-state index in [2.05, 4.69) is 0 Å². The van der Waals surface area contributed by atoms with Gasteiger partial charge in [-0.2, -0.15) is 0 Å². The molecule has 0 aliphatic rings. The molecule has 136 valence electrons. The highest BCUT2D eigenvalue weighted by Crippen LogP contribution is 2.21. The van der Waals surface area contributed by atoms with Gasteiger partial charge in [-0.25, -0.2) is 4.79 Å². The fourth-order valence-electron chi connectivity index (χ4n) is 2.37. The zero-order valence-electron chi connectivity index (χ0n) is 14.5. The Hall–Kier alpha value is -3.60. The van der Waals surface area contributed by atoms with Gasteiger partial charge in [0.1, 0.15) is 42.3 Å². The molecule has 0 atom stereocenters. The third-order valence-corrected chi connectivity index (χ3v) is 3.69. The van der Waals surface area contributed by atoms with Crippen LogP contribution < -0.4 is 14.2 Å². The van der Waals surface area contributed by atoms with E-state index in [4.69, 9.17) is 14.2 Å². The molecule has 0 saturated carbocycles. The Kier molecular flexibility index (Phi) is 6.20. The van der Waals surface area contributed by atoms with E-state index in [1.807, 2.05) is 30.3 Å². The molecule has 0 unspecified atom stereocenters. The second kappa shape index (κ2) is 9.20. The van der Waals surface area contributed by atoms with Gasteiger partial charge in [0.15, 0.2) is 0 Å². The zero-order valence-corrected chi connectivity index (χ0v) is 14.5. The van der Waals surface area contributed by atoms with E-state index in [9.17, 15) is 9.59 Å². The lowest BCUT2D eigenvalue weighted by Crippen LogP contribution is -2.14. The molecule has 5 nitrogen and oxygen atoms in total. The van der Waals surface area contributed by atoms with Crippen molar-refractivity contribution < 1.29 is 23.8 Å². The third-order valence-electron chi connectivity index (χ3n) is 3.69. The van der Waals surface area contributed by atoms with Crippen molar-refractivity contribution in [1.29, 1.82) is 0 Å². The fraction of sp³-hybridized carbons (Fsp3) is 0.0909. The summed E-state index contributed by atoms with van der Waals surface area (Å²) in [4.78, 5) is 23.1. The lowest BCUT2D eigenvalue weighted by molar-refractivity contribution is 0.0729. The molecule has 0 fully saturated rings. The molecule has 0 N–H and O–H groups in total. The van der Waals surface area contributed by atoms with E-state index in [1.54, 1.807) is 48.5 Å². The SMILES string of the molecule is O=Cc1ccc(OC(=O)c2ccccc2OCCOc2ccccc2)cc1. The third kappa shape index (κ3) is 5.19. The van der Waals surface area contributed by atoms with Crippen LogP contribution in [0, 0.1) is 0 Å². The number of aldehydes is 1. The number of carbonyl (C=O) groups excluding carboxylic acids is 2. The summed E-state index contributed by atoms with van der Waals surface area (Å²) in [5.74, 6) is 0.998. The van der Waals surface area contributed by atoms with Crippen LogP contribution in [0.3, 0.4) is 0 Å². The minimum absolute atomic E-state index is 0.285. The summed E-state index contributed by atoms with van der Waals surface area (Å²) in [6.45, 7) is 0.633. The highest BCUT2D eigenvalue weighted by molar-refractivity contribution is 5.94. The van der Waals surface area contributed by atoms with Gasteiger partial charge in [-0.05, 0) is 48.5 Å². The van der Waals surface area contributed by atoms with Gasteiger partial charge in [0.25, 0.3) is 0 Å². The molecule has 0 heterocycles. The number of ether oxygens (including phenoxy) is 3. The van der Waals surface area contributed by atoms with E-state index in [-0.39, 0.29) is 6.61 Å². The summed E-state index contributed by atoms with van der Waals surface area (Å²) < 4.78 is 16.6. The molecule has 27 heavy (non-hydrogen) atoms. The van der Waals surface area contributed by atoms with Crippen molar-refractivity contribution in [2.75, 3.05) is 13.2 Å². The quantitative estimate of drug-likeness (QED) is 0.260. The summed E-state index contributed by atoms with van der Waals surface area (Å²) >= 11 is 0.